The van der Waals surface area contributed by atoms with Gasteiger partial charge in [-0.05, 0) is 32.2 Å². The van der Waals surface area contributed by atoms with Gasteiger partial charge in [0.05, 0.1) is 12.3 Å². The second-order valence-corrected chi connectivity index (χ2v) is 3.98. The summed E-state index contributed by atoms with van der Waals surface area (Å²) < 4.78 is 11.3. The van der Waals surface area contributed by atoms with Crippen LogP contribution in [0.2, 0.25) is 0 Å². The highest BCUT2D eigenvalue weighted by atomic mass is 16.5. The van der Waals surface area contributed by atoms with Crippen LogP contribution in [0.3, 0.4) is 0 Å². The number of nitrogens with zero attached hydrogens (tertiary/aromatic N) is 1. The molecule has 0 unspecified atom stereocenters. The fraction of sp³-hybridized carbons (Fsp3) is 0.267. The first-order valence-electron chi connectivity index (χ1n) is 6.33. The van der Waals surface area contributed by atoms with Crippen molar-refractivity contribution in [3.8, 4) is 17.4 Å². The average molecular weight is 258 g/mol. The first-order chi connectivity index (χ1) is 9.33. The SMILES string of the molecule is CCOc1ccccc1Oc1cccc(CNC)n1. The molecule has 2 rings (SSSR count). The quantitative estimate of drug-likeness (QED) is 0.865. The van der Waals surface area contributed by atoms with E-state index in [-0.39, 0.29) is 0 Å². The molecule has 0 aliphatic heterocycles. The summed E-state index contributed by atoms with van der Waals surface area (Å²) in [6, 6.07) is 13.3. The third-order valence-electron chi connectivity index (χ3n) is 2.50. The molecular weight excluding hydrogens is 240 g/mol. The fourth-order valence-corrected chi connectivity index (χ4v) is 1.72. The van der Waals surface area contributed by atoms with E-state index >= 15 is 0 Å². The van der Waals surface area contributed by atoms with Crippen LogP contribution in [0.15, 0.2) is 42.5 Å². The van der Waals surface area contributed by atoms with Crippen molar-refractivity contribution < 1.29 is 9.47 Å². The van der Waals surface area contributed by atoms with E-state index in [4.69, 9.17) is 9.47 Å². The van der Waals surface area contributed by atoms with Crippen LogP contribution in [0.25, 0.3) is 0 Å². The van der Waals surface area contributed by atoms with Gasteiger partial charge in [0, 0.05) is 12.6 Å². The Kier molecular flexibility index (Phi) is 4.75. The molecule has 0 aliphatic rings. The van der Waals surface area contributed by atoms with Gasteiger partial charge in [0.15, 0.2) is 11.5 Å². The number of benzene rings is 1. The Hall–Kier alpha value is -2.07. The molecule has 1 aromatic carbocycles. The van der Waals surface area contributed by atoms with Crippen molar-refractivity contribution in [3.05, 3.63) is 48.2 Å². The van der Waals surface area contributed by atoms with Gasteiger partial charge in [0.1, 0.15) is 0 Å². The molecule has 4 heteroatoms. The standard InChI is InChI=1S/C15H18N2O2/c1-3-18-13-8-4-5-9-14(13)19-15-10-6-7-12(17-15)11-16-2/h4-10,16H,3,11H2,1-2H3. The normalized spacial score (nSPS) is 10.2. The Labute approximate surface area is 113 Å². The topological polar surface area (TPSA) is 43.4 Å². The highest BCUT2D eigenvalue weighted by Crippen LogP contribution is 2.30. The highest BCUT2D eigenvalue weighted by Gasteiger charge is 2.06. The van der Waals surface area contributed by atoms with Crippen molar-refractivity contribution in [3.63, 3.8) is 0 Å². The van der Waals surface area contributed by atoms with Gasteiger partial charge in [0.2, 0.25) is 5.88 Å². The zero-order valence-corrected chi connectivity index (χ0v) is 11.2. The maximum atomic E-state index is 5.79. The molecule has 0 radical (unpaired) electrons. The second-order valence-electron chi connectivity index (χ2n) is 3.98. The molecule has 1 N–H and O–H groups in total. The Balaban J connectivity index is 2.18. The van der Waals surface area contributed by atoms with Crippen LogP contribution in [0, 0.1) is 0 Å². The van der Waals surface area contributed by atoms with Gasteiger partial charge in [-0.2, -0.15) is 0 Å². The lowest BCUT2D eigenvalue weighted by atomic mass is 10.3. The van der Waals surface area contributed by atoms with Crippen molar-refractivity contribution in [1.82, 2.24) is 10.3 Å². The highest BCUT2D eigenvalue weighted by molar-refractivity contribution is 5.41. The lowest BCUT2D eigenvalue weighted by Crippen LogP contribution is -2.07. The van der Waals surface area contributed by atoms with E-state index in [0.29, 0.717) is 24.8 Å². The van der Waals surface area contributed by atoms with Gasteiger partial charge < -0.3 is 14.8 Å². The minimum atomic E-state index is 0.569. The van der Waals surface area contributed by atoms with E-state index in [1.807, 2.05) is 56.4 Å². The van der Waals surface area contributed by atoms with Crippen molar-refractivity contribution in [2.45, 2.75) is 13.5 Å². The predicted molar refractivity (Wildman–Crippen MR) is 74.7 cm³/mol. The molecule has 100 valence electrons. The van der Waals surface area contributed by atoms with E-state index in [1.165, 1.54) is 0 Å². The summed E-state index contributed by atoms with van der Waals surface area (Å²) in [7, 11) is 1.89. The summed E-state index contributed by atoms with van der Waals surface area (Å²) in [4.78, 5) is 4.42. The Morgan fingerprint density at radius 2 is 1.84 bits per heavy atom. The van der Waals surface area contributed by atoms with E-state index < -0.39 is 0 Å². The predicted octanol–water partition coefficient (Wildman–Crippen LogP) is 2.99. The van der Waals surface area contributed by atoms with E-state index in [0.717, 1.165) is 11.4 Å². The van der Waals surface area contributed by atoms with Gasteiger partial charge >= 0.3 is 0 Å². The largest absolute Gasteiger partial charge is 0.490 e. The van der Waals surface area contributed by atoms with Crippen molar-refractivity contribution in [1.29, 1.82) is 0 Å². The average Bonchev–Trinajstić information content (AvgIpc) is 2.42. The van der Waals surface area contributed by atoms with Crippen LogP contribution in [0.5, 0.6) is 17.4 Å². The molecule has 0 aliphatic carbocycles. The molecule has 1 aromatic heterocycles. The van der Waals surface area contributed by atoms with Crippen LogP contribution in [-0.4, -0.2) is 18.6 Å². The summed E-state index contributed by atoms with van der Waals surface area (Å²) in [6.45, 7) is 3.26. The minimum Gasteiger partial charge on any atom is -0.490 e. The molecule has 0 saturated carbocycles. The first-order valence-corrected chi connectivity index (χ1v) is 6.33. The number of rotatable bonds is 6. The maximum Gasteiger partial charge on any atom is 0.219 e. The number of aromatic nitrogens is 1. The Morgan fingerprint density at radius 3 is 2.58 bits per heavy atom. The van der Waals surface area contributed by atoms with Crippen LogP contribution >= 0.6 is 0 Å². The maximum absolute atomic E-state index is 5.79. The first kappa shape index (κ1) is 13.4. The second kappa shape index (κ2) is 6.75. The molecule has 4 nitrogen and oxygen atoms in total. The van der Waals surface area contributed by atoms with Gasteiger partial charge in [-0.25, -0.2) is 4.98 Å². The Bertz CT molecular complexity index is 529. The zero-order chi connectivity index (χ0) is 13.5. The number of para-hydroxylation sites is 2. The zero-order valence-electron chi connectivity index (χ0n) is 11.2. The number of hydrogen-bond donors (Lipinski definition) is 1. The minimum absolute atomic E-state index is 0.569. The van der Waals surface area contributed by atoms with Crippen molar-refractivity contribution >= 4 is 0 Å². The molecule has 0 saturated heterocycles. The molecule has 2 aromatic rings. The van der Waals surface area contributed by atoms with Gasteiger partial charge in [-0.3, -0.25) is 0 Å². The number of nitrogens with one attached hydrogen (secondary N) is 1. The van der Waals surface area contributed by atoms with Crippen molar-refractivity contribution in [2.24, 2.45) is 0 Å². The molecule has 0 bridgehead atoms. The lowest BCUT2D eigenvalue weighted by molar-refractivity contribution is 0.319. The summed E-state index contributed by atoms with van der Waals surface area (Å²) >= 11 is 0. The number of ether oxygens (including phenoxy) is 2. The van der Waals surface area contributed by atoms with Gasteiger partial charge in [-0.15, -0.1) is 0 Å². The Morgan fingerprint density at radius 1 is 1.05 bits per heavy atom. The van der Waals surface area contributed by atoms with E-state index in [2.05, 4.69) is 10.3 Å². The summed E-state index contributed by atoms with van der Waals surface area (Å²) in [5, 5.41) is 3.06. The lowest BCUT2D eigenvalue weighted by Gasteiger charge is -2.11. The summed E-state index contributed by atoms with van der Waals surface area (Å²) in [5.74, 6) is 1.98. The van der Waals surface area contributed by atoms with Crippen LogP contribution < -0.4 is 14.8 Å². The van der Waals surface area contributed by atoms with E-state index in [1.54, 1.807) is 0 Å². The van der Waals surface area contributed by atoms with Gasteiger partial charge in [-0.1, -0.05) is 18.2 Å². The molecule has 0 atom stereocenters. The van der Waals surface area contributed by atoms with Crippen LogP contribution in [0.1, 0.15) is 12.6 Å². The third-order valence-corrected chi connectivity index (χ3v) is 2.50. The smallest absolute Gasteiger partial charge is 0.219 e. The molecule has 0 amide bonds. The molecule has 19 heavy (non-hydrogen) atoms. The molecule has 0 fully saturated rings. The van der Waals surface area contributed by atoms with Crippen LogP contribution in [-0.2, 0) is 6.54 Å². The monoisotopic (exact) mass is 258 g/mol. The van der Waals surface area contributed by atoms with Crippen molar-refractivity contribution in [2.75, 3.05) is 13.7 Å². The fourth-order valence-electron chi connectivity index (χ4n) is 1.72. The molecule has 0 spiro atoms. The molecule has 1 heterocycles. The van der Waals surface area contributed by atoms with E-state index in [9.17, 15) is 0 Å². The number of hydrogen-bond acceptors (Lipinski definition) is 4. The summed E-state index contributed by atoms with van der Waals surface area (Å²) in [5.41, 5.74) is 0.939. The summed E-state index contributed by atoms with van der Waals surface area (Å²) in [6.07, 6.45) is 0. The van der Waals surface area contributed by atoms with Crippen LogP contribution in [0.4, 0.5) is 0 Å². The number of pyridine rings is 1. The molecular formula is C15H18N2O2. The third kappa shape index (κ3) is 3.69. The van der Waals surface area contributed by atoms with Gasteiger partial charge in [0.25, 0.3) is 0 Å².